The standard InChI is InChI=1S/C37H34N4/c1-3-9-29-14-8-15-33(35(29)39)34(38)21-16-25(2)36-40-37(32-20-19-28-11-5-7-13-31(28)23-32)41(36)24-26-17-18-27-10-4-6-12-30(27)22-26/h3-23,37H,24,38-39H2,1-2H3/p+1/b9-3-,25-16+,34-21-. The number of fused-ring (bicyclic) bond motifs is 2. The van der Waals surface area contributed by atoms with Gasteiger partial charge in [-0.05, 0) is 65.2 Å². The summed E-state index contributed by atoms with van der Waals surface area (Å²) in [5.74, 6) is 1.05. The first kappa shape index (κ1) is 26.3. The number of hydrogen-bond donors (Lipinski definition) is 3. The highest BCUT2D eigenvalue weighted by atomic mass is 15.4. The molecule has 2 atom stereocenters. The summed E-state index contributed by atoms with van der Waals surface area (Å²) in [5, 5.41) is 4.99. The quantitative estimate of drug-likeness (QED) is 0.154. The zero-order valence-electron chi connectivity index (χ0n) is 23.5. The lowest BCUT2D eigenvalue weighted by Gasteiger charge is -2.35. The van der Waals surface area contributed by atoms with Gasteiger partial charge in [0.25, 0.3) is 0 Å². The molecule has 4 heteroatoms. The largest absolute Gasteiger partial charge is 0.398 e. The van der Waals surface area contributed by atoms with Crippen molar-refractivity contribution in [2.75, 3.05) is 5.73 Å². The van der Waals surface area contributed by atoms with Crippen molar-refractivity contribution >= 4 is 44.8 Å². The molecule has 2 unspecified atom stereocenters. The van der Waals surface area contributed by atoms with Gasteiger partial charge in [0.15, 0.2) is 0 Å². The Labute approximate surface area is 241 Å². The minimum atomic E-state index is 0.0268. The molecular formula is C37H35N4+. The summed E-state index contributed by atoms with van der Waals surface area (Å²) in [6, 6.07) is 36.4. The zero-order chi connectivity index (χ0) is 28.3. The van der Waals surface area contributed by atoms with Gasteiger partial charge in [-0.2, -0.15) is 4.99 Å². The predicted octanol–water partition coefficient (Wildman–Crippen LogP) is 7.05. The number of allylic oxidation sites excluding steroid dienone is 3. The van der Waals surface area contributed by atoms with Crippen LogP contribution in [-0.2, 0) is 6.54 Å². The third-order valence-electron chi connectivity index (χ3n) is 7.87. The summed E-state index contributed by atoms with van der Waals surface area (Å²) in [5.41, 5.74) is 19.7. The van der Waals surface area contributed by atoms with E-state index in [-0.39, 0.29) is 6.17 Å². The van der Waals surface area contributed by atoms with Crippen LogP contribution in [-0.4, -0.2) is 5.84 Å². The minimum Gasteiger partial charge on any atom is -0.398 e. The van der Waals surface area contributed by atoms with Gasteiger partial charge in [-0.3, -0.25) is 4.90 Å². The van der Waals surface area contributed by atoms with Gasteiger partial charge in [0.1, 0.15) is 6.54 Å². The van der Waals surface area contributed by atoms with E-state index in [0.717, 1.165) is 29.1 Å². The van der Waals surface area contributed by atoms with E-state index in [1.54, 1.807) is 0 Å². The predicted molar refractivity (Wildman–Crippen MR) is 174 cm³/mol. The highest BCUT2D eigenvalue weighted by molar-refractivity contribution is 5.94. The van der Waals surface area contributed by atoms with Gasteiger partial charge >= 0.3 is 0 Å². The molecule has 0 aliphatic carbocycles. The molecule has 5 N–H and O–H groups in total. The number of rotatable bonds is 7. The molecule has 0 saturated heterocycles. The maximum absolute atomic E-state index is 6.52. The molecule has 4 nitrogen and oxygen atoms in total. The van der Waals surface area contributed by atoms with Crippen LogP contribution in [0.5, 0.6) is 0 Å². The maximum Gasteiger partial charge on any atom is 0.232 e. The third-order valence-corrected chi connectivity index (χ3v) is 7.87. The fourth-order valence-corrected chi connectivity index (χ4v) is 5.65. The molecule has 0 aromatic heterocycles. The van der Waals surface area contributed by atoms with Crippen LogP contribution < -0.4 is 16.4 Å². The molecule has 0 saturated carbocycles. The Bertz CT molecular complexity index is 1880. The molecule has 202 valence electrons. The summed E-state index contributed by atoms with van der Waals surface area (Å²) in [7, 11) is 0. The molecule has 1 aliphatic rings. The molecule has 6 rings (SSSR count). The number of hydrogen-bond acceptors (Lipinski definition) is 3. The van der Waals surface area contributed by atoms with Gasteiger partial charge in [0, 0.05) is 33.6 Å². The van der Waals surface area contributed by atoms with Gasteiger partial charge in [-0.25, -0.2) is 0 Å². The van der Waals surface area contributed by atoms with E-state index in [0.29, 0.717) is 11.4 Å². The van der Waals surface area contributed by atoms with Gasteiger partial charge in [-0.1, -0.05) is 103 Å². The first-order chi connectivity index (χ1) is 20.0. The molecule has 0 spiro atoms. The Balaban J connectivity index is 1.34. The SMILES string of the molecule is C/C=C\c1cccc(/C(N)=C/C=C(\C)C2=NC(c3ccc4ccccc4c3)[NH+]2Cc2ccc3ccccc3c2)c1N. The van der Waals surface area contributed by atoms with Crippen LogP contribution in [0.2, 0.25) is 0 Å². The third kappa shape index (κ3) is 5.30. The second kappa shape index (κ2) is 11.3. The van der Waals surface area contributed by atoms with Crippen molar-refractivity contribution in [3.63, 3.8) is 0 Å². The summed E-state index contributed by atoms with van der Waals surface area (Å²) in [6.07, 6.45) is 8.01. The number of aliphatic imine (C=N–C) groups is 1. The Morgan fingerprint density at radius 2 is 1.49 bits per heavy atom. The average Bonchev–Trinajstić information content (AvgIpc) is 2.99. The van der Waals surface area contributed by atoms with Crippen molar-refractivity contribution in [3.8, 4) is 0 Å². The van der Waals surface area contributed by atoms with Crippen LogP contribution in [0.25, 0.3) is 33.3 Å². The zero-order valence-corrected chi connectivity index (χ0v) is 23.5. The number of amidine groups is 1. The van der Waals surface area contributed by atoms with E-state index < -0.39 is 0 Å². The van der Waals surface area contributed by atoms with Gasteiger partial charge in [0.2, 0.25) is 12.0 Å². The average molecular weight is 536 g/mol. The Morgan fingerprint density at radius 1 is 0.805 bits per heavy atom. The number of benzene rings is 5. The smallest absolute Gasteiger partial charge is 0.232 e. The van der Waals surface area contributed by atoms with Crippen molar-refractivity contribution in [2.45, 2.75) is 26.6 Å². The molecule has 0 fully saturated rings. The van der Waals surface area contributed by atoms with E-state index in [4.69, 9.17) is 16.5 Å². The molecule has 0 amide bonds. The van der Waals surface area contributed by atoms with Crippen molar-refractivity contribution in [1.29, 1.82) is 0 Å². The number of para-hydroxylation sites is 1. The van der Waals surface area contributed by atoms with Gasteiger partial charge in [0.05, 0.1) is 0 Å². The second-order valence-electron chi connectivity index (χ2n) is 10.7. The van der Waals surface area contributed by atoms with Crippen LogP contribution in [0.3, 0.4) is 0 Å². The molecule has 1 heterocycles. The van der Waals surface area contributed by atoms with E-state index in [1.165, 1.54) is 37.6 Å². The number of nitrogens with one attached hydrogen (secondary N) is 1. The minimum absolute atomic E-state index is 0.0268. The van der Waals surface area contributed by atoms with E-state index in [1.807, 2.05) is 43.4 Å². The number of nitrogen functional groups attached to an aromatic ring is 1. The monoisotopic (exact) mass is 535 g/mol. The lowest BCUT2D eigenvalue weighted by Crippen LogP contribution is -3.18. The van der Waals surface area contributed by atoms with Gasteiger partial charge in [-0.15, -0.1) is 0 Å². The first-order valence-electron chi connectivity index (χ1n) is 14.1. The van der Waals surface area contributed by atoms with Crippen LogP contribution >= 0.6 is 0 Å². The topological polar surface area (TPSA) is 68.8 Å². The Morgan fingerprint density at radius 3 is 2.22 bits per heavy atom. The first-order valence-corrected chi connectivity index (χ1v) is 14.1. The van der Waals surface area contributed by atoms with Crippen LogP contribution in [0.4, 0.5) is 5.69 Å². The fourth-order valence-electron chi connectivity index (χ4n) is 5.65. The number of quaternary nitrogens is 1. The lowest BCUT2D eigenvalue weighted by atomic mass is 10.00. The highest BCUT2D eigenvalue weighted by Gasteiger charge is 2.39. The summed E-state index contributed by atoms with van der Waals surface area (Å²) in [4.78, 5) is 6.48. The number of anilines is 1. The van der Waals surface area contributed by atoms with Crippen molar-refractivity contribution in [1.82, 2.24) is 0 Å². The van der Waals surface area contributed by atoms with Crippen molar-refractivity contribution < 1.29 is 4.90 Å². The molecule has 1 aliphatic heterocycles. The number of nitrogens with zero attached hydrogens (tertiary/aromatic N) is 1. The second-order valence-corrected chi connectivity index (χ2v) is 10.7. The molecule has 0 radical (unpaired) electrons. The van der Waals surface area contributed by atoms with Gasteiger partial charge < -0.3 is 11.5 Å². The fraction of sp³-hybridized carbons (Fsp3) is 0.108. The molecule has 41 heavy (non-hydrogen) atoms. The highest BCUT2D eigenvalue weighted by Crippen LogP contribution is 2.26. The van der Waals surface area contributed by atoms with E-state index in [9.17, 15) is 0 Å². The number of nitrogens with two attached hydrogens (primary N) is 2. The van der Waals surface area contributed by atoms with Crippen LogP contribution in [0.1, 0.15) is 42.3 Å². The molecule has 5 aromatic carbocycles. The lowest BCUT2D eigenvalue weighted by molar-refractivity contribution is -0.875. The maximum atomic E-state index is 6.52. The Hall–Kier alpha value is -4.93. The Kier molecular flexibility index (Phi) is 7.24. The normalized spacial score (nSPS) is 17.7. The van der Waals surface area contributed by atoms with Crippen molar-refractivity contribution in [3.05, 3.63) is 149 Å². The molecule has 5 aromatic rings. The van der Waals surface area contributed by atoms with Crippen LogP contribution in [0.15, 0.2) is 132 Å². The molecular weight excluding hydrogens is 500 g/mol. The van der Waals surface area contributed by atoms with Crippen LogP contribution in [0, 0.1) is 0 Å². The van der Waals surface area contributed by atoms with E-state index in [2.05, 4.69) is 97.9 Å². The molecule has 0 bridgehead atoms. The summed E-state index contributed by atoms with van der Waals surface area (Å²) < 4.78 is 0. The summed E-state index contributed by atoms with van der Waals surface area (Å²) in [6.45, 7) is 4.93. The van der Waals surface area contributed by atoms with Crippen molar-refractivity contribution in [2.24, 2.45) is 10.7 Å². The van der Waals surface area contributed by atoms with E-state index >= 15 is 0 Å². The summed E-state index contributed by atoms with van der Waals surface area (Å²) >= 11 is 0.